The molecule has 0 aliphatic heterocycles. The molecule has 0 aliphatic rings. The molecular formula is C16H14FNO2S. The van der Waals surface area contributed by atoms with Gasteiger partial charge in [0.15, 0.2) is 0 Å². The average molecular weight is 303 g/mol. The van der Waals surface area contributed by atoms with Crippen LogP contribution in [0.5, 0.6) is 11.5 Å². The van der Waals surface area contributed by atoms with Crippen LogP contribution >= 0.6 is 11.3 Å². The third-order valence-electron chi connectivity index (χ3n) is 3.32. The van der Waals surface area contributed by atoms with Gasteiger partial charge in [0, 0.05) is 5.56 Å². The van der Waals surface area contributed by atoms with E-state index in [1.54, 1.807) is 33.3 Å². The summed E-state index contributed by atoms with van der Waals surface area (Å²) in [6.45, 7) is 1.74. The Hall–Kier alpha value is -2.14. The molecule has 0 saturated heterocycles. The van der Waals surface area contributed by atoms with Crippen molar-refractivity contribution < 1.29 is 13.9 Å². The van der Waals surface area contributed by atoms with E-state index in [0.29, 0.717) is 11.3 Å². The van der Waals surface area contributed by atoms with Gasteiger partial charge in [0.05, 0.1) is 14.2 Å². The molecule has 0 atom stereocenters. The summed E-state index contributed by atoms with van der Waals surface area (Å²) in [6, 6.07) is 8.69. The van der Waals surface area contributed by atoms with E-state index in [9.17, 15) is 4.39 Å². The van der Waals surface area contributed by atoms with Crippen LogP contribution in [-0.4, -0.2) is 19.2 Å². The molecule has 108 valence electrons. The maximum absolute atomic E-state index is 13.4. The van der Waals surface area contributed by atoms with E-state index >= 15 is 0 Å². The lowest BCUT2D eigenvalue weighted by atomic mass is 10.1. The second-order valence-electron chi connectivity index (χ2n) is 4.63. The number of benzene rings is 2. The largest absolute Gasteiger partial charge is 0.495 e. The number of aryl methyl sites for hydroxylation is 1. The Balaban J connectivity index is 2.22. The van der Waals surface area contributed by atoms with Gasteiger partial charge in [-0.3, -0.25) is 0 Å². The van der Waals surface area contributed by atoms with Gasteiger partial charge >= 0.3 is 0 Å². The molecule has 0 amide bonds. The van der Waals surface area contributed by atoms with Crippen molar-refractivity contribution in [3.05, 3.63) is 41.7 Å². The van der Waals surface area contributed by atoms with E-state index in [4.69, 9.17) is 9.47 Å². The van der Waals surface area contributed by atoms with Gasteiger partial charge in [-0.25, -0.2) is 9.37 Å². The fourth-order valence-electron chi connectivity index (χ4n) is 2.19. The highest BCUT2D eigenvalue weighted by Crippen LogP contribution is 2.40. The van der Waals surface area contributed by atoms with Crippen molar-refractivity contribution in [2.75, 3.05) is 14.2 Å². The van der Waals surface area contributed by atoms with Crippen molar-refractivity contribution in [2.24, 2.45) is 0 Å². The van der Waals surface area contributed by atoms with Gasteiger partial charge in [-0.2, -0.15) is 0 Å². The molecule has 2 aromatic carbocycles. The first-order chi connectivity index (χ1) is 10.1. The molecular weight excluding hydrogens is 289 g/mol. The van der Waals surface area contributed by atoms with Gasteiger partial charge in [-0.15, -0.1) is 11.3 Å². The fourth-order valence-corrected chi connectivity index (χ4v) is 3.26. The van der Waals surface area contributed by atoms with Crippen LogP contribution < -0.4 is 9.47 Å². The zero-order valence-electron chi connectivity index (χ0n) is 11.9. The van der Waals surface area contributed by atoms with E-state index in [-0.39, 0.29) is 5.82 Å². The van der Waals surface area contributed by atoms with Crippen molar-refractivity contribution in [3.63, 3.8) is 0 Å². The molecule has 0 aliphatic carbocycles. The van der Waals surface area contributed by atoms with Crippen molar-refractivity contribution >= 4 is 21.6 Å². The Kier molecular flexibility index (Phi) is 3.51. The summed E-state index contributed by atoms with van der Waals surface area (Å²) < 4.78 is 25.0. The lowest BCUT2D eigenvalue weighted by molar-refractivity contribution is 0.410. The van der Waals surface area contributed by atoms with Crippen molar-refractivity contribution in [1.29, 1.82) is 0 Å². The minimum Gasteiger partial charge on any atom is -0.495 e. The molecule has 0 N–H and O–H groups in total. The minimum atomic E-state index is -0.213. The molecule has 21 heavy (non-hydrogen) atoms. The van der Waals surface area contributed by atoms with Crippen LogP contribution in [0.2, 0.25) is 0 Å². The standard InChI is InChI=1S/C16H14FNO2S/c1-9-8-10(4-5-11(9)17)16-18-14-12(19-2)6-7-13(20-3)15(14)21-16/h4-8H,1-3H3. The Bertz CT molecular complexity index is 772. The number of fused-ring (bicyclic) bond motifs is 1. The smallest absolute Gasteiger partial charge is 0.146 e. The van der Waals surface area contributed by atoms with Gasteiger partial charge < -0.3 is 9.47 Å². The van der Waals surface area contributed by atoms with Crippen LogP contribution in [0.3, 0.4) is 0 Å². The first-order valence-electron chi connectivity index (χ1n) is 6.42. The number of thiazole rings is 1. The molecule has 5 heteroatoms. The summed E-state index contributed by atoms with van der Waals surface area (Å²) in [5.41, 5.74) is 2.25. The topological polar surface area (TPSA) is 31.4 Å². The number of rotatable bonds is 3. The molecule has 0 fully saturated rings. The Labute approximate surface area is 126 Å². The number of methoxy groups -OCH3 is 2. The predicted octanol–water partition coefficient (Wildman–Crippen LogP) is 4.43. The second-order valence-corrected chi connectivity index (χ2v) is 5.63. The van der Waals surface area contributed by atoms with Gasteiger partial charge in [-0.1, -0.05) is 0 Å². The Morgan fingerprint density at radius 2 is 1.76 bits per heavy atom. The average Bonchev–Trinajstić information content (AvgIpc) is 2.94. The van der Waals surface area contributed by atoms with Gasteiger partial charge in [0.2, 0.25) is 0 Å². The Morgan fingerprint density at radius 3 is 2.43 bits per heavy atom. The lowest BCUT2D eigenvalue weighted by Gasteiger charge is -2.03. The highest BCUT2D eigenvalue weighted by atomic mass is 32.1. The SMILES string of the molecule is COc1ccc(OC)c2sc(-c3ccc(F)c(C)c3)nc12. The van der Waals surface area contributed by atoms with Crippen LogP contribution in [0.4, 0.5) is 4.39 Å². The molecule has 0 bridgehead atoms. The van der Waals surface area contributed by atoms with Gasteiger partial charge in [0.25, 0.3) is 0 Å². The lowest BCUT2D eigenvalue weighted by Crippen LogP contribution is -1.87. The summed E-state index contributed by atoms with van der Waals surface area (Å²) in [7, 11) is 3.24. The number of hydrogen-bond donors (Lipinski definition) is 0. The third-order valence-corrected chi connectivity index (χ3v) is 4.43. The first-order valence-corrected chi connectivity index (χ1v) is 7.23. The van der Waals surface area contributed by atoms with Crippen molar-refractivity contribution in [2.45, 2.75) is 6.92 Å². The van der Waals surface area contributed by atoms with Gasteiger partial charge in [-0.05, 0) is 42.8 Å². The quantitative estimate of drug-likeness (QED) is 0.717. The van der Waals surface area contributed by atoms with E-state index < -0.39 is 0 Å². The molecule has 3 aromatic rings. The normalized spacial score (nSPS) is 10.9. The molecule has 0 unspecified atom stereocenters. The summed E-state index contributed by atoms with van der Waals surface area (Å²) in [6.07, 6.45) is 0. The number of nitrogens with zero attached hydrogens (tertiary/aromatic N) is 1. The highest BCUT2D eigenvalue weighted by molar-refractivity contribution is 7.22. The summed E-state index contributed by atoms with van der Waals surface area (Å²) in [5, 5.41) is 0.816. The minimum absolute atomic E-state index is 0.213. The molecule has 0 saturated carbocycles. The first kappa shape index (κ1) is 13.8. The number of hydrogen-bond acceptors (Lipinski definition) is 4. The number of ether oxygens (including phenoxy) is 2. The van der Waals surface area contributed by atoms with Crippen LogP contribution in [0, 0.1) is 12.7 Å². The van der Waals surface area contributed by atoms with Crippen LogP contribution in [0.1, 0.15) is 5.56 Å². The van der Waals surface area contributed by atoms with Gasteiger partial charge in [0.1, 0.15) is 32.5 Å². The molecule has 3 nitrogen and oxygen atoms in total. The van der Waals surface area contributed by atoms with Crippen LogP contribution in [0.15, 0.2) is 30.3 Å². The number of halogens is 1. The number of aromatic nitrogens is 1. The molecule has 1 aromatic heterocycles. The maximum Gasteiger partial charge on any atom is 0.146 e. The zero-order valence-corrected chi connectivity index (χ0v) is 12.8. The maximum atomic E-state index is 13.4. The summed E-state index contributed by atoms with van der Waals surface area (Å²) >= 11 is 1.51. The predicted molar refractivity (Wildman–Crippen MR) is 82.9 cm³/mol. The third kappa shape index (κ3) is 2.34. The second kappa shape index (κ2) is 5.33. The monoisotopic (exact) mass is 303 g/mol. The fraction of sp³-hybridized carbons (Fsp3) is 0.188. The zero-order chi connectivity index (χ0) is 15.0. The summed E-state index contributed by atoms with van der Waals surface area (Å²) in [4.78, 5) is 4.62. The van der Waals surface area contributed by atoms with Crippen molar-refractivity contribution in [3.8, 4) is 22.1 Å². The molecule has 0 spiro atoms. The van der Waals surface area contributed by atoms with Crippen LogP contribution in [-0.2, 0) is 0 Å². The van der Waals surface area contributed by atoms with E-state index in [2.05, 4.69) is 4.98 Å². The van der Waals surface area contributed by atoms with E-state index in [1.807, 2.05) is 12.1 Å². The van der Waals surface area contributed by atoms with Crippen LogP contribution in [0.25, 0.3) is 20.8 Å². The van der Waals surface area contributed by atoms with Crippen molar-refractivity contribution in [1.82, 2.24) is 4.98 Å². The molecule has 3 rings (SSSR count). The Morgan fingerprint density at radius 1 is 1.05 bits per heavy atom. The molecule has 1 heterocycles. The van der Waals surface area contributed by atoms with E-state index in [0.717, 1.165) is 26.5 Å². The van der Waals surface area contributed by atoms with E-state index in [1.165, 1.54) is 17.4 Å². The summed E-state index contributed by atoms with van der Waals surface area (Å²) in [5.74, 6) is 1.25. The highest BCUT2D eigenvalue weighted by Gasteiger charge is 2.15. The molecule has 0 radical (unpaired) electrons.